The molecule has 0 bridgehead atoms. The summed E-state index contributed by atoms with van der Waals surface area (Å²) in [5, 5.41) is 14.5. The number of hydrogen-bond acceptors (Lipinski definition) is 4. The van der Waals surface area contributed by atoms with Gasteiger partial charge in [0.25, 0.3) is 0 Å². The van der Waals surface area contributed by atoms with Gasteiger partial charge in [0.15, 0.2) is 5.84 Å². The summed E-state index contributed by atoms with van der Waals surface area (Å²) in [4.78, 5) is 15.7. The van der Waals surface area contributed by atoms with Crippen LogP contribution >= 0.6 is 0 Å². The first kappa shape index (κ1) is 14.6. The summed E-state index contributed by atoms with van der Waals surface area (Å²) in [6.07, 6.45) is 0. The van der Waals surface area contributed by atoms with Gasteiger partial charge in [-0.05, 0) is 20.8 Å². The van der Waals surface area contributed by atoms with Crippen LogP contribution in [0, 0.1) is 0 Å². The predicted molar refractivity (Wildman–Crippen MR) is 69.7 cm³/mol. The van der Waals surface area contributed by atoms with E-state index in [1.807, 2.05) is 20.8 Å². The third-order valence-corrected chi connectivity index (χ3v) is 3.10. The lowest BCUT2D eigenvalue weighted by Crippen LogP contribution is -2.56. The molecule has 1 atom stereocenters. The monoisotopic (exact) mass is 257 g/mol. The molecule has 1 aliphatic rings. The Hall–Kier alpha value is -1.50. The van der Waals surface area contributed by atoms with Crippen molar-refractivity contribution in [2.75, 3.05) is 26.2 Å². The van der Waals surface area contributed by atoms with E-state index in [9.17, 15) is 4.79 Å². The van der Waals surface area contributed by atoms with E-state index < -0.39 is 0 Å². The average molecular weight is 257 g/mol. The van der Waals surface area contributed by atoms with Crippen LogP contribution in [0.3, 0.4) is 0 Å². The summed E-state index contributed by atoms with van der Waals surface area (Å²) in [7, 11) is 0. The molecule has 1 unspecified atom stereocenters. The summed E-state index contributed by atoms with van der Waals surface area (Å²) in [6, 6.07) is 0.0121. The number of hydrogen-bond donors (Lipinski definition) is 3. The molecule has 1 fully saturated rings. The fourth-order valence-electron chi connectivity index (χ4n) is 1.92. The number of nitrogens with zero attached hydrogens (tertiary/aromatic N) is 3. The molecule has 1 rings (SSSR count). The van der Waals surface area contributed by atoms with E-state index in [1.54, 1.807) is 4.90 Å². The topological polar surface area (TPSA) is 94.2 Å². The van der Waals surface area contributed by atoms with E-state index >= 15 is 0 Å². The van der Waals surface area contributed by atoms with Gasteiger partial charge in [0.05, 0.1) is 6.04 Å². The van der Waals surface area contributed by atoms with Crippen molar-refractivity contribution in [2.45, 2.75) is 32.9 Å². The third kappa shape index (κ3) is 3.76. The molecule has 0 radical (unpaired) electrons. The summed E-state index contributed by atoms with van der Waals surface area (Å²) >= 11 is 0. The highest BCUT2D eigenvalue weighted by molar-refractivity contribution is 5.84. The Morgan fingerprint density at radius 1 is 1.28 bits per heavy atom. The van der Waals surface area contributed by atoms with E-state index in [0.717, 1.165) is 13.1 Å². The first-order valence-electron chi connectivity index (χ1n) is 6.22. The van der Waals surface area contributed by atoms with Gasteiger partial charge in [-0.1, -0.05) is 5.16 Å². The van der Waals surface area contributed by atoms with E-state index in [1.165, 1.54) is 0 Å². The van der Waals surface area contributed by atoms with Crippen molar-refractivity contribution < 1.29 is 10.0 Å². The number of carbonyl (C=O) groups is 1. The highest BCUT2D eigenvalue weighted by Gasteiger charge is 2.25. The van der Waals surface area contributed by atoms with Crippen LogP contribution in [0.5, 0.6) is 0 Å². The van der Waals surface area contributed by atoms with Crippen molar-refractivity contribution >= 4 is 11.9 Å². The Morgan fingerprint density at radius 2 is 1.83 bits per heavy atom. The number of nitrogens with two attached hydrogens (primary N) is 1. The van der Waals surface area contributed by atoms with Crippen molar-refractivity contribution in [3.8, 4) is 0 Å². The second-order valence-corrected chi connectivity index (χ2v) is 4.83. The smallest absolute Gasteiger partial charge is 0.317 e. The third-order valence-electron chi connectivity index (χ3n) is 3.10. The van der Waals surface area contributed by atoms with Crippen LogP contribution in [-0.2, 0) is 0 Å². The number of nitrogens with one attached hydrogen (secondary N) is 1. The molecule has 1 saturated heterocycles. The maximum atomic E-state index is 11.8. The molecule has 0 spiro atoms. The second kappa shape index (κ2) is 6.44. The Bertz CT molecular complexity index is 311. The van der Waals surface area contributed by atoms with Crippen LogP contribution in [0.15, 0.2) is 5.16 Å². The van der Waals surface area contributed by atoms with Crippen LogP contribution in [-0.4, -0.2) is 65.1 Å². The zero-order valence-corrected chi connectivity index (χ0v) is 11.3. The van der Waals surface area contributed by atoms with Crippen molar-refractivity contribution in [3.63, 3.8) is 0 Å². The molecular formula is C11H23N5O2. The number of amides is 2. The molecule has 0 aromatic carbocycles. The Labute approximate surface area is 108 Å². The molecule has 2 amide bonds. The van der Waals surface area contributed by atoms with Gasteiger partial charge in [0, 0.05) is 32.2 Å². The molecule has 0 aliphatic carbocycles. The molecule has 18 heavy (non-hydrogen) atoms. The minimum Gasteiger partial charge on any atom is -0.409 e. The predicted octanol–water partition coefficient (Wildman–Crippen LogP) is -0.143. The van der Waals surface area contributed by atoms with Crippen molar-refractivity contribution in [1.29, 1.82) is 0 Å². The summed E-state index contributed by atoms with van der Waals surface area (Å²) in [5.74, 6) is 0.204. The maximum Gasteiger partial charge on any atom is 0.317 e. The van der Waals surface area contributed by atoms with Crippen molar-refractivity contribution in [3.05, 3.63) is 0 Å². The minimum absolute atomic E-state index is 0.0268. The van der Waals surface area contributed by atoms with Gasteiger partial charge in [0.1, 0.15) is 0 Å². The number of rotatable bonds is 3. The molecule has 4 N–H and O–H groups in total. The highest BCUT2D eigenvalue weighted by atomic mass is 16.4. The molecule has 0 aromatic heterocycles. The van der Waals surface area contributed by atoms with Gasteiger partial charge < -0.3 is 21.2 Å². The van der Waals surface area contributed by atoms with Gasteiger partial charge >= 0.3 is 6.03 Å². The summed E-state index contributed by atoms with van der Waals surface area (Å²) < 4.78 is 0. The fourth-order valence-corrected chi connectivity index (χ4v) is 1.92. The molecule has 1 heterocycles. The fraction of sp³-hybridized carbons (Fsp3) is 0.818. The quantitative estimate of drug-likeness (QED) is 0.284. The zero-order chi connectivity index (χ0) is 13.7. The number of carbonyl (C=O) groups excluding carboxylic acids is 1. The zero-order valence-electron chi connectivity index (χ0n) is 11.3. The number of piperazine rings is 1. The van der Waals surface area contributed by atoms with Crippen molar-refractivity contribution in [2.24, 2.45) is 10.9 Å². The molecule has 0 aromatic rings. The van der Waals surface area contributed by atoms with Gasteiger partial charge in [0.2, 0.25) is 0 Å². The lowest BCUT2D eigenvalue weighted by atomic mass is 10.2. The first-order chi connectivity index (χ1) is 8.45. The van der Waals surface area contributed by atoms with Crippen LogP contribution in [0.2, 0.25) is 0 Å². The maximum absolute atomic E-state index is 11.8. The number of urea groups is 1. The SMILES string of the molecule is CC(C)NC(=O)N1CCN(C(C)C(N)=NO)CC1. The summed E-state index contributed by atoms with van der Waals surface area (Å²) in [6.45, 7) is 8.52. The molecule has 0 saturated carbocycles. The van der Waals surface area contributed by atoms with Gasteiger partial charge in [-0.15, -0.1) is 0 Å². The van der Waals surface area contributed by atoms with E-state index in [2.05, 4.69) is 15.4 Å². The van der Waals surface area contributed by atoms with Crippen LogP contribution in [0.1, 0.15) is 20.8 Å². The molecule has 1 aliphatic heterocycles. The van der Waals surface area contributed by atoms with Crippen molar-refractivity contribution in [1.82, 2.24) is 15.1 Å². The molecular weight excluding hydrogens is 234 g/mol. The van der Waals surface area contributed by atoms with Gasteiger partial charge in [-0.25, -0.2) is 4.79 Å². The lowest BCUT2D eigenvalue weighted by Gasteiger charge is -2.37. The van der Waals surface area contributed by atoms with Crippen LogP contribution in [0.4, 0.5) is 4.79 Å². The normalized spacial score (nSPS) is 20.0. The average Bonchev–Trinajstić information content (AvgIpc) is 2.36. The van der Waals surface area contributed by atoms with E-state index in [0.29, 0.717) is 13.1 Å². The number of oxime groups is 1. The Balaban J connectivity index is 2.43. The largest absolute Gasteiger partial charge is 0.409 e. The Morgan fingerprint density at radius 3 is 2.28 bits per heavy atom. The van der Waals surface area contributed by atoms with Gasteiger partial charge in [-0.2, -0.15) is 0 Å². The van der Waals surface area contributed by atoms with Crippen LogP contribution in [0.25, 0.3) is 0 Å². The number of amidine groups is 1. The van der Waals surface area contributed by atoms with E-state index in [-0.39, 0.29) is 24.0 Å². The van der Waals surface area contributed by atoms with Gasteiger partial charge in [-0.3, -0.25) is 4.90 Å². The molecule has 7 nitrogen and oxygen atoms in total. The Kier molecular flexibility index (Phi) is 5.21. The minimum atomic E-state index is -0.106. The second-order valence-electron chi connectivity index (χ2n) is 4.83. The highest BCUT2D eigenvalue weighted by Crippen LogP contribution is 2.07. The van der Waals surface area contributed by atoms with E-state index in [4.69, 9.17) is 10.9 Å². The standard InChI is InChI=1S/C11H23N5O2/c1-8(2)13-11(17)16-6-4-15(5-7-16)9(3)10(12)14-18/h8-9,18H,4-7H2,1-3H3,(H2,12,14)(H,13,17). The lowest BCUT2D eigenvalue weighted by molar-refractivity contribution is 0.129. The first-order valence-corrected chi connectivity index (χ1v) is 6.22. The molecule has 7 heteroatoms. The molecule has 104 valence electrons. The van der Waals surface area contributed by atoms with Crippen LogP contribution < -0.4 is 11.1 Å². The summed E-state index contributed by atoms with van der Waals surface area (Å²) in [5.41, 5.74) is 5.57.